The number of carboxylic acids is 1. The summed E-state index contributed by atoms with van der Waals surface area (Å²) in [5, 5.41) is 8.79. The van der Waals surface area contributed by atoms with Crippen LogP contribution in [-0.2, 0) is 17.6 Å². The minimum atomic E-state index is -0.818. The monoisotopic (exact) mass is 304 g/mol. The minimum absolute atomic E-state index is 0.0476. The standard InChI is InChI=1S/C19H16N2O2/c22-18(23)13-15-8-6-14(7-9-15)12-17-10-11-20-19(21-17)16-4-2-1-3-5-16/h1-11H,12-13H2,(H,22,23). The van der Waals surface area contributed by atoms with Crippen molar-refractivity contribution in [3.8, 4) is 11.4 Å². The molecule has 0 unspecified atom stereocenters. The summed E-state index contributed by atoms with van der Waals surface area (Å²) in [4.78, 5) is 19.6. The summed E-state index contributed by atoms with van der Waals surface area (Å²) >= 11 is 0. The van der Waals surface area contributed by atoms with Crippen molar-refractivity contribution < 1.29 is 9.90 Å². The summed E-state index contributed by atoms with van der Waals surface area (Å²) in [6.07, 6.45) is 2.51. The molecule has 0 radical (unpaired) electrons. The molecule has 2 aromatic carbocycles. The Morgan fingerprint density at radius 3 is 2.30 bits per heavy atom. The number of aliphatic carboxylic acids is 1. The Bertz CT molecular complexity index is 799. The Balaban J connectivity index is 1.77. The van der Waals surface area contributed by atoms with Gasteiger partial charge >= 0.3 is 5.97 Å². The smallest absolute Gasteiger partial charge is 0.307 e. The molecule has 3 aromatic rings. The molecule has 1 heterocycles. The molecule has 0 bridgehead atoms. The maximum Gasteiger partial charge on any atom is 0.307 e. The maximum absolute atomic E-state index is 10.7. The van der Waals surface area contributed by atoms with Gasteiger partial charge in [0, 0.05) is 23.9 Å². The zero-order valence-electron chi connectivity index (χ0n) is 12.5. The molecule has 0 spiro atoms. The van der Waals surface area contributed by atoms with Crippen LogP contribution in [0.5, 0.6) is 0 Å². The van der Waals surface area contributed by atoms with Crippen molar-refractivity contribution in [2.75, 3.05) is 0 Å². The molecule has 114 valence electrons. The van der Waals surface area contributed by atoms with Crippen LogP contribution in [-0.4, -0.2) is 21.0 Å². The first-order valence-electron chi connectivity index (χ1n) is 7.38. The third kappa shape index (κ3) is 4.01. The van der Waals surface area contributed by atoms with Crippen molar-refractivity contribution in [3.63, 3.8) is 0 Å². The highest BCUT2D eigenvalue weighted by Crippen LogP contribution is 2.15. The number of carboxylic acid groups (broad SMARTS) is 1. The van der Waals surface area contributed by atoms with E-state index in [1.54, 1.807) is 6.20 Å². The Hall–Kier alpha value is -3.01. The van der Waals surface area contributed by atoms with E-state index >= 15 is 0 Å². The van der Waals surface area contributed by atoms with Crippen molar-refractivity contribution in [1.82, 2.24) is 9.97 Å². The molecule has 23 heavy (non-hydrogen) atoms. The van der Waals surface area contributed by atoms with Crippen molar-refractivity contribution in [3.05, 3.63) is 83.7 Å². The molecule has 0 fully saturated rings. The van der Waals surface area contributed by atoms with Crippen LogP contribution in [0.15, 0.2) is 66.9 Å². The molecule has 0 saturated heterocycles. The number of hydrogen-bond acceptors (Lipinski definition) is 3. The second-order valence-corrected chi connectivity index (χ2v) is 5.30. The zero-order valence-corrected chi connectivity index (χ0v) is 12.5. The fourth-order valence-electron chi connectivity index (χ4n) is 2.38. The Labute approximate surface area is 134 Å². The van der Waals surface area contributed by atoms with Crippen molar-refractivity contribution in [2.45, 2.75) is 12.8 Å². The molecule has 0 saturated carbocycles. The van der Waals surface area contributed by atoms with Gasteiger partial charge in [0.05, 0.1) is 6.42 Å². The minimum Gasteiger partial charge on any atom is -0.481 e. The van der Waals surface area contributed by atoms with E-state index in [0.717, 1.165) is 22.4 Å². The average molecular weight is 304 g/mol. The van der Waals surface area contributed by atoms with Gasteiger partial charge in [-0.05, 0) is 17.2 Å². The van der Waals surface area contributed by atoms with Crippen LogP contribution >= 0.6 is 0 Å². The summed E-state index contributed by atoms with van der Waals surface area (Å²) in [6, 6.07) is 19.4. The van der Waals surface area contributed by atoms with E-state index in [9.17, 15) is 4.79 Å². The number of benzene rings is 2. The van der Waals surface area contributed by atoms with Gasteiger partial charge < -0.3 is 5.11 Å². The van der Waals surface area contributed by atoms with Crippen molar-refractivity contribution in [1.29, 1.82) is 0 Å². The lowest BCUT2D eigenvalue weighted by Gasteiger charge is -2.05. The molecule has 0 aliphatic heterocycles. The Morgan fingerprint density at radius 2 is 1.61 bits per heavy atom. The third-order valence-corrected chi connectivity index (χ3v) is 3.51. The summed E-state index contributed by atoms with van der Waals surface area (Å²) < 4.78 is 0. The summed E-state index contributed by atoms with van der Waals surface area (Å²) in [5.74, 6) is -0.105. The molecular weight excluding hydrogens is 288 g/mol. The first-order chi connectivity index (χ1) is 11.2. The van der Waals surface area contributed by atoms with Crippen LogP contribution in [0, 0.1) is 0 Å². The number of rotatable bonds is 5. The molecule has 4 nitrogen and oxygen atoms in total. The largest absolute Gasteiger partial charge is 0.481 e. The molecule has 3 rings (SSSR count). The van der Waals surface area contributed by atoms with E-state index in [1.807, 2.05) is 60.7 Å². The molecule has 1 aromatic heterocycles. The van der Waals surface area contributed by atoms with Gasteiger partial charge in [-0.1, -0.05) is 54.6 Å². The van der Waals surface area contributed by atoms with Gasteiger partial charge in [-0.25, -0.2) is 9.97 Å². The molecule has 1 N–H and O–H groups in total. The van der Waals surface area contributed by atoms with Gasteiger partial charge in [0.2, 0.25) is 0 Å². The molecule has 0 atom stereocenters. The lowest BCUT2D eigenvalue weighted by atomic mass is 10.1. The van der Waals surface area contributed by atoms with E-state index in [1.165, 1.54) is 0 Å². The second-order valence-electron chi connectivity index (χ2n) is 5.30. The quantitative estimate of drug-likeness (QED) is 0.785. The van der Waals surface area contributed by atoms with Crippen LogP contribution in [0.3, 0.4) is 0 Å². The van der Waals surface area contributed by atoms with Crippen molar-refractivity contribution in [2.24, 2.45) is 0 Å². The Kier molecular flexibility index (Phi) is 4.43. The van der Waals surface area contributed by atoms with Crippen LogP contribution in [0.1, 0.15) is 16.8 Å². The zero-order chi connectivity index (χ0) is 16.1. The fourth-order valence-corrected chi connectivity index (χ4v) is 2.38. The summed E-state index contributed by atoms with van der Waals surface area (Å²) in [5.41, 5.74) is 3.82. The van der Waals surface area contributed by atoms with E-state index in [2.05, 4.69) is 9.97 Å². The highest BCUT2D eigenvalue weighted by molar-refractivity contribution is 5.70. The summed E-state index contributed by atoms with van der Waals surface area (Å²) in [6.45, 7) is 0. The highest BCUT2D eigenvalue weighted by atomic mass is 16.4. The molecular formula is C19H16N2O2. The maximum atomic E-state index is 10.7. The lowest BCUT2D eigenvalue weighted by Crippen LogP contribution is -2.00. The van der Waals surface area contributed by atoms with E-state index in [0.29, 0.717) is 12.2 Å². The molecule has 0 amide bonds. The number of hydrogen-bond donors (Lipinski definition) is 1. The second kappa shape index (κ2) is 6.83. The fraction of sp³-hybridized carbons (Fsp3) is 0.105. The molecule has 0 aliphatic rings. The molecule has 4 heteroatoms. The van der Waals surface area contributed by atoms with E-state index in [4.69, 9.17) is 5.11 Å². The number of aromatic nitrogens is 2. The average Bonchev–Trinajstić information content (AvgIpc) is 2.57. The lowest BCUT2D eigenvalue weighted by molar-refractivity contribution is -0.136. The normalized spacial score (nSPS) is 10.4. The predicted molar refractivity (Wildman–Crippen MR) is 88.1 cm³/mol. The SMILES string of the molecule is O=C(O)Cc1ccc(Cc2ccnc(-c3ccccc3)n2)cc1. The van der Waals surface area contributed by atoms with Gasteiger partial charge in [-0.15, -0.1) is 0 Å². The first-order valence-corrected chi connectivity index (χ1v) is 7.38. The van der Waals surface area contributed by atoms with Crippen molar-refractivity contribution >= 4 is 5.97 Å². The van der Waals surface area contributed by atoms with Crippen LogP contribution in [0.4, 0.5) is 0 Å². The van der Waals surface area contributed by atoms with Gasteiger partial charge in [0.1, 0.15) is 0 Å². The molecule has 0 aliphatic carbocycles. The van der Waals surface area contributed by atoms with E-state index in [-0.39, 0.29) is 6.42 Å². The predicted octanol–water partition coefficient (Wildman–Crippen LogP) is 3.36. The van der Waals surface area contributed by atoms with Gasteiger partial charge in [0.15, 0.2) is 5.82 Å². The number of nitrogens with zero attached hydrogens (tertiary/aromatic N) is 2. The van der Waals surface area contributed by atoms with Gasteiger partial charge in [-0.2, -0.15) is 0 Å². The van der Waals surface area contributed by atoms with E-state index < -0.39 is 5.97 Å². The van der Waals surface area contributed by atoms with Gasteiger partial charge in [-0.3, -0.25) is 4.79 Å². The first kappa shape index (κ1) is 14.9. The third-order valence-electron chi connectivity index (χ3n) is 3.51. The topological polar surface area (TPSA) is 63.1 Å². The van der Waals surface area contributed by atoms with Crippen LogP contribution in [0.2, 0.25) is 0 Å². The van der Waals surface area contributed by atoms with Crippen LogP contribution < -0.4 is 0 Å². The Morgan fingerprint density at radius 1 is 0.913 bits per heavy atom. The van der Waals surface area contributed by atoms with Gasteiger partial charge in [0.25, 0.3) is 0 Å². The van der Waals surface area contributed by atoms with Crippen LogP contribution in [0.25, 0.3) is 11.4 Å². The summed E-state index contributed by atoms with van der Waals surface area (Å²) in [7, 11) is 0. The number of carbonyl (C=O) groups is 1. The highest BCUT2D eigenvalue weighted by Gasteiger charge is 2.04.